The number of carbonyl (C=O) groups is 2. The number of amides is 2. The van der Waals surface area contributed by atoms with Gasteiger partial charge in [-0.1, -0.05) is 0 Å². The van der Waals surface area contributed by atoms with Gasteiger partial charge in [0.15, 0.2) is 0 Å². The molecule has 2 aliphatic heterocycles. The van der Waals surface area contributed by atoms with E-state index >= 15 is 0 Å². The van der Waals surface area contributed by atoms with Crippen molar-refractivity contribution in [2.45, 2.75) is 44.2 Å². The Morgan fingerprint density at radius 3 is 2.32 bits per heavy atom. The van der Waals surface area contributed by atoms with Gasteiger partial charge >= 0.3 is 0 Å². The molecule has 110 valence electrons. The van der Waals surface area contributed by atoms with E-state index in [9.17, 15) is 9.59 Å². The standard InChI is InChI=1S/C13H23N3O2.ClH/c1-16(2)13(18)8-14-12(17)7-9-5-10-3-4-11(6-9)15-10;/h9-11,15H,3-8H2,1-2H3,(H,14,17);1H. The van der Waals surface area contributed by atoms with Gasteiger partial charge < -0.3 is 15.5 Å². The van der Waals surface area contributed by atoms with Gasteiger partial charge in [-0.25, -0.2) is 0 Å². The molecule has 0 aliphatic carbocycles. The van der Waals surface area contributed by atoms with Crippen LogP contribution in [0, 0.1) is 5.92 Å². The molecule has 2 aliphatic rings. The number of carbonyl (C=O) groups excluding carboxylic acids is 2. The maximum absolute atomic E-state index is 11.8. The largest absolute Gasteiger partial charge is 0.347 e. The number of piperidine rings is 1. The van der Waals surface area contributed by atoms with E-state index in [-0.39, 0.29) is 30.8 Å². The van der Waals surface area contributed by atoms with Gasteiger partial charge in [0, 0.05) is 32.6 Å². The molecule has 0 aromatic rings. The van der Waals surface area contributed by atoms with Crippen LogP contribution in [-0.2, 0) is 9.59 Å². The summed E-state index contributed by atoms with van der Waals surface area (Å²) in [6, 6.07) is 1.23. The first-order valence-corrected chi connectivity index (χ1v) is 6.77. The van der Waals surface area contributed by atoms with E-state index in [1.807, 2.05) is 0 Å². The fourth-order valence-corrected chi connectivity index (χ4v) is 3.01. The molecule has 0 spiro atoms. The summed E-state index contributed by atoms with van der Waals surface area (Å²) in [6.07, 6.45) is 5.27. The number of hydrogen-bond donors (Lipinski definition) is 2. The molecule has 2 amide bonds. The van der Waals surface area contributed by atoms with Crippen LogP contribution in [0.4, 0.5) is 0 Å². The molecule has 6 heteroatoms. The Kier molecular flexibility index (Phi) is 6.07. The molecule has 2 heterocycles. The Morgan fingerprint density at radius 1 is 1.21 bits per heavy atom. The molecule has 0 aromatic heterocycles. The van der Waals surface area contributed by atoms with Gasteiger partial charge in [0.05, 0.1) is 6.54 Å². The first-order chi connectivity index (χ1) is 8.54. The van der Waals surface area contributed by atoms with Gasteiger partial charge in [0.2, 0.25) is 11.8 Å². The maximum atomic E-state index is 11.8. The summed E-state index contributed by atoms with van der Waals surface area (Å²) >= 11 is 0. The van der Waals surface area contributed by atoms with Gasteiger partial charge in [0.25, 0.3) is 0 Å². The van der Waals surface area contributed by atoms with Crippen LogP contribution in [0.15, 0.2) is 0 Å². The van der Waals surface area contributed by atoms with E-state index in [0.717, 1.165) is 12.8 Å². The van der Waals surface area contributed by atoms with Crippen molar-refractivity contribution in [1.29, 1.82) is 0 Å². The lowest BCUT2D eigenvalue weighted by atomic mass is 9.89. The van der Waals surface area contributed by atoms with Crippen molar-refractivity contribution in [2.75, 3.05) is 20.6 Å². The fraction of sp³-hybridized carbons (Fsp3) is 0.846. The van der Waals surface area contributed by atoms with Crippen LogP contribution in [0.25, 0.3) is 0 Å². The summed E-state index contributed by atoms with van der Waals surface area (Å²) in [5, 5.41) is 6.28. The molecule has 0 saturated carbocycles. The van der Waals surface area contributed by atoms with Crippen molar-refractivity contribution in [3.05, 3.63) is 0 Å². The minimum absolute atomic E-state index is 0. The van der Waals surface area contributed by atoms with Crippen LogP contribution in [0.2, 0.25) is 0 Å². The van der Waals surface area contributed by atoms with Gasteiger partial charge in [-0.3, -0.25) is 9.59 Å². The van der Waals surface area contributed by atoms with Crippen LogP contribution in [0.5, 0.6) is 0 Å². The summed E-state index contributed by atoms with van der Waals surface area (Å²) in [6.45, 7) is 0.115. The van der Waals surface area contributed by atoms with Crippen molar-refractivity contribution < 1.29 is 9.59 Å². The SMILES string of the molecule is CN(C)C(=O)CNC(=O)CC1CC2CCC(C1)N2.Cl. The van der Waals surface area contributed by atoms with Crippen LogP contribution >= 0.6 is 12.4 Å². The third-order valence-electron chi connectivity index (χ3n) is 3.98. The second-order valence-electron chi connectivity index (χ2n) is 5.74. The van der Waals surface area contributed by atoms with Crippen LogP contribution in [0.1, 0.15) is 32.1 Å². The van der Waals surface area contributed by atoms with Gasteiger partial charge in [-0.2, -0.15) is 0 Å². The molecule has 0 radical (unpaired) electrons. The van der Waals surface area contributed by atoms with Crippen molar-refractivity contribution in [2.24, 2.45) is 5.92 Å². The number of likely N-dealkylation sites (N-methyl/N-ethyl adjacent to an activating group) is 1. The molecule has 2 bridgehead atoms. The first kappa shape index (κ1) is 16.2. The van der Waals surface area contributed by atoms with Crippen molar-refractivity contribution in [3.8, 4) is 0 Å². The van der Waals surface area contributed by atoms with E-state index in [2.05, 4.69) is 10.6 Å². The highest BCUT2D eigenvalue weighted by atomic mass is 35.5. The van der Waals surface area contributed by atoms with Gasteiger partial charge in [0.1, 0.15) is 0 Å². The smallest absolute Gasteiger partial charge is 0.241 e. The zero-order valence-corrected chi connectivity index (χ0v) is 12.5. The highest BCUT2D eigenvalue weighted by molar-refractivity contribution is 5.85. The summed E-state index contributed by atoms with van der Waals surface area (Å²) < 4.78 is 0. The quantitative estimate of drug-likeness (QED) is 0.794. The fourth-order valence-electron chi connectivity index (χ4n) is 3.01. The number of nitrogens with zero attached hydrogens (tertiary/aromatic N) is 1. The van der Waals surface area contributed by atoms with Gasteiger partial charge in [-0.05, 0) is 31.6 Å². The highest BCUT2D eigenvalue weighted by Gasteiger charge is 2.34. The lowest BCUT2D eigenvalue weighted by Crippen LogP contribution is -2.41. The lowest BCUT2D eigenvalue weighted by molar-refractivity contribution is -0.131. The number of nitrogens with one attached hydrogen (secondary N) is 2. The van der Waals surface area contributed by atoms with Crippen molar-refractivity contribution >= 4 is 24.2 Å². The molecule has 2 N–H and O–H groups in total. The average Bonchev–Trinajstić information content (AvgIpc) is 2.65. The Morgan fingerprint density at radius 2 is 1.79 bits per heavy atom. The Hall–Kier alpha value is -0.810. The number of halogens is 1. The van der Waals surface area contributed by atoms with E-state index in [4.69, 9.17) is 0 Å². The molecule has 2 rings (SSSR count). The zero-order valence-electron chi connectivity index (χ0n) is 11.6. The van der Waals surface area contributed by atoms with Crippen molar-refractivity contribution in [3.63, 3.8) is 0 Å². The summed E-state index contributed by atoms with van der Waals surface area (Å²) in [5.74, 6) is 0.434. The normalized spacial score (nSPS) is 28.4. The average molecular weight is 290 g/mol. The monoisotopic (exact) mass is 289 g/mol. The Labute approximate surface area is 120 Å². The Balaban J connectivity index is 0.00000180. The summed E-state index contributed by atoms with van der Waals surface area (Å²) in [5.41, 5.74) is 0. The minimum atomic E-state index is -0.0614. The van der Waals surface area contributed by atoms with Gasteiger partial charge in [-0.15, -0.1) is 12.4 Å². The molecular formula is C13H24ClN3O2. The summed E-state index contributed by atoms with van der Waals surface area (Å²) in [7, 11) is 3.39. The number of hydrogen-bond acceptors (Lipinski definition) is 3. The van der Waals surface area contributed by atoms with Crippen molar-refractivity contribution in [1.82, 2.24) is 15.5 Å². The second kappa shape index (κ2) is 7.10. The van der Waals surface area contributed by atoms with E-state index in [1.165, 1.54) is 17.7 Å². The Bertz CT molecular complexity index is 324. The molecular weight excluding hydrogens is 266 g/mol. The lowest BCUT2D eigenvalue weighted by Gasteiger charge is -2.28. The van der Waals surface area contributed by atoms with E-state index in [0.29, 0.717) is 24.4 Å². The van der Waals surface area contributed by atoms with E-state index < -0.39 is 0 Å². The second-order valence-corrected chi connectivity index (χ2v) is 5.74. The zero-order chi connectivity index (χ0) is 13.1. The summed E-state index contributed by atoms with van der Waals surface area (Å²) in [4.78, 5) is 24.6. The maximum Gasteiger partial charge on any atom is 0.241 e. The predicted octanol–water partition coefficient (Wildman–Crippen LogP) is 0.533. The van der Waals surface area contributed by atoms with Crippen LogP contribution in [-0.4, -0.2) is 49.4 Å². The molecule has 2 unspecified atom stereocenters. The first-order valence-electron chi connectivity index (χ1n) is 6.77. The molecule has 2 saturated heterocycles. The number of rotatable bonds is 4. The predicted molar refractivity (Wildman–Crippen MR) is 76.2 cm³/mol. The third kappa shape index (κ3) is 4.66. The molecule has 19 heavy (non-hydrogen) atoms. The highest BCUT2D eigenvalue weighted by Crippen LogP contribution is 2.32. The minimum Gasteiger partial charge on any atom is -0.347 e. The number of fused-ring (bicyclic) bond motifs is 2. The van der Waals surface area contributed by atoms with E-state index in [1.54, 1.807) is 14.1 Å². The molecule has 0 aromatic carbocycles. The van der Waals surface area contributed by atoms with Crippen LogP contribution in [0.3, 0.4) is 0 Å². The topological polar surface area (TPSA) is 61.4 Å². The molecule has 2 fully saturated rings. The molecule has 5 nitrogen and oxygen atoms in total. The van der Waals surface area contributed by atoms with Crippen LogP contribution < -0.4 is 10.6 Å². The third-order valence-corrected chi connectivity index (χ3v) is 3.98. The molecule has 2 atom stereocenters.